The first-order chi connectivity index (χ1) is 8.22. The third kappa shape index (κ3) is 4.57. The molecule has 0 aromatic heterocycles. The Morgan fingerprint density at radius 3 is 2.59 bits per heavy atom. The summed E-state index contributed by atoms with van der Waals surface area (Å²) in [5.74, 6) is 0. The zero-order valence-electron chi connectivity index (χ0n) is 12.2. The van der Waals surface area contributed by atoms with Crippen LogP contribution >= 0.6 is 0 Å². The van der Waals surface area contributed by atoms with E-state index in [2.05, 4.69) is 42.9 Å². The summed E-state index contributed by atoms with van der Waals surface area (Å²) >= 11 is 0. The van der Waals surface area contributed by atoms with Gasteiger partial charge in [0.1, 0.15) is 0 Å². The molecule has 1 saturated heterocycles. The molecule has 0 aliphatic carbocycles. The topological polar surface area (TPSA) is 18.5 Å². The Bertz CT molecular complexity index is 192. The van der Waals surface area contributed by atoms with Gasteiger partial charge in [-0.2, -0.15) is 0 Å². The quantitative estimate of drug-likeness (QED) is 0.733. The minimum Gasteiger partial charge on any atom is -0.316 e. The molecule has 0 aromatic rings. The van der Waals surface area contributed by atoms with Crippen molar-refractivity contribution in [3.05, 3.63) is 0 Å². The van der Waals surface area contributed by atoms with Crippen molar-refractivity contribution in [3.8, 4) is 0 Å². The van der Waals surface area contributed by atoms with Crippen LogP contribution in [-0.2, 0) is 0 Å². The number of likely N-dealkylation sites (tertiary alicyclic amines) is 1. The van der Waals surface area contributed by atoms with Crippen molar-refractivity contribution in [2.45, 2.75) is 52.1 Å². The Balaban J connectivity index is 2.42. The summed E-state index contributed by atoms with van der Waals surface area (Å²) in [5, 5.41) is 3.42. The standard InChI is InChI=1S/C14H31N3/c1-5-16(6-2)11-12-17-10-8-7-9-14(17)13(3)15-4/h13-15H,5-12H2,1-4H3. The van der Waals surface area contributed by atoms with Gasteiger partial charge in [-0.3, -0.25) is 4.90 Å². The lowest BCUT2D eigenvalue weighted by Crippen LogP contribution is -2.52. The molecule has 0 amide bonds. The summed E-state index contributed by atoms with van der Waals surface area (Å²) in [6, 6.07) is 1.36. The smallest absolute Gasteiger partial charge is 0.0247 e. The van der Waals surface area contributed by atoms with Crippen molar-refractivity contribution in [1.82, 2.24) is 15.1 Å². The van der Waals surface area contributed by atoms with E-state index in [-0.39, 0.29) is 0 Å². The monoisotopic (exact) mass is 241 g/mol. The average molecular weight is 241 g/mol. The first-order valence-electron chi connectivity index (χ1n) is 7.36. The van der Waals surface area contributed by atoms with E-state index in [4.69, 9.17) is 0 Å². The zero-order chi connectivity index (χ0) is 12.7. The maximum absolute atomic E-state index is 3.42. The SMILES string of the molecule is CCN(CC)CCN1CCCCC1C(C)NC. The predicted molar refractivity (Wildman–Crippen MR) is 75.5 cm³/mol. The lowest BCUT2D eigenvalue weighted by atomic mass is 9.96. The summed E-state index contributed by atoms with van der Waals surface area (Å²) < 4.78 is 0. The van der Waals surface area contributed by atoms with Crippen LogP contribution in [0, 0.1) is 0 Å². The molecule has 2 unspecified atom stereocenters. The highest BCUT2D eigenvalue weighted by atomic mass is 15.2. The average Bonchev–Trinajstić information content (AvgIpc) is 2.39. The first-order valence-corrected chi connectivity index (χ1v) is 7.36. The Labute approximate surface area is 108 Å². The highest BCUT2D eigenvalue weighted by molar-refractivity contribution is 4.84. The largest absolute Gasteiger partial charge is 0.316 e. The van der Waals surface area contributed by atoms with Crippen molar-refractivity contribution in [1.29, 1.82) is 0 Å². The van der Waals surface area contributed by atoms with Crippen LogP contribution in [0.5, 0.6) is 0 Å². The van der Waals surface area contributed by atoms with Crippen LogP contribution in [0.4, 0.5) is 0 Å². The second-order valence-corrected chi connectivity index (χ2v) is 5.20. The van der Waals surface area contributed by atoms with Gasteiger partial charge in [0.25, 0.3) is 0 Å². The molecule has 3 heteroatoms. The van der Waals surface area contributed by atoms with Gasteiger partial charge < -0.3 is 10.2 Å². The molecule has 1 aliphatic heterocycles. The van der Waals surface area contributed by atoms with Gasteiger partial charge in [0, 0.05) is 25.2 Å². The van der Waals surface area contributed by atoms with Crippen molar-refractivity contribution < 1.29 is 0 Å². The minimum atomic E-state index is 0.618. The van der Waals surface area contributed by atoms with Crippen LogP contribution in [-0.4, -0.2) is 61.7 Å². The van der Waals surface area contributed by atoms with Crippen LogP contribution in [0.25, 0.3) is 0 Å². The van der Waals surface area contributed by atoms with Gasteiger partial charge in [-0.05, 0) is 46.4 Å². The molecule has 1 heterocycles. The van der Waals surface area contributed by atoms with Crippen molar-refractivity contribution in [2.75, 3.05) is 39.8 Å². The number of hydrogen-bond donors (Lipinski definition) is 1. The summed E-state index contributed by atoms with van der Waals surface area (Å²) in [6.07, 6.45) is 4.14. The van der Waals surface area contributed by atoms with Crippen LogP contribution in [0.3, 0.4) is 0 Å². The second kappa shape index (κ2) is 8.06. The fraction of sp³-hybridized carbons (Fsp3) is 1.00. The van der Waals surface area contributed by atoms with Crippen LogP contribution in [0.15, 0.2) is 0 Å². The number of nitrogens with zero attached hydrogens (tertiary/aromatic N) is 2. The highest BCUT2D eigenvalue weighted by Crippen LogP contribution is 2.19. The van der Waals surface area contributed by atoms with E-state index in [9.17, 15) is 0 Å². The Morgan fingerprint density at radius 2 is 2.00 bits per heavy atom. The van der Waals surface area contributed by atoms with Crippen LogP contribution in [0.2, 0.25) is 0 Å². The maximum Gasteiger partial charge on any atom is 0.0247 e. The normalized spacial score (nSPS) is 24.2. The van der Waals surface area contributed by atoms with Gasteiger partial charge in [0.15, 0.2) is 0 Å². The van der Waals surface area contributed by atoms with Gasteiger partial charge >= 0.3 is 0 Å². The molecular weight excluding hydrogens is 210 g/mol. The summed E-state index contributed by atoms with van der Waals surface area (Å²) in [7, 11) is 2.09. The molecule has 0 spiro atoms. The summed E-state index contributed by atoms with van der Waals surface area (Å²) in [4.78, 5) is 5.22. The summed E-state index contributed by atoms with van der Waals surface area (Å²) in [6.45, 7) is 12.9. The van der Waals surface area contributed by atoms with E-state index in [1.54, 1.807) is 0 Å². The van der Waals surface area contributed by atoms with E-state index in [1.165, 1.54) is 52.0 Å². The van der Waals surface area contributed by atoms with Crippen LogP contribution in [0.1, 0.15) is 40.0 Å². The number of likely N-dealkylation sites (N-methyl/N-ethyl adjacent to an activating group) is 2. The van der Waals surface area contributed by atoms with Gasteiger partial charge in [-0.1, -0.05) is 20.3 Å². The number of rotatable bonds is 7. The van der Waals surface area contributed by atoms with Crippen molar-refractivity contribution in [3.63, 3.8) is 0 Å². The van der Waals surface area contributed by atoms with Gasteiger partial charge in [0.05, 0.1) is 0 Å². The first kappa shape index (κ1) is 14.9. The molecule has 102 valence electrons. The van der Waals surface area contributed by atoms with E-state index >= 15 is 0 Å². The Hall–Kier alpha value is -0.120. The third-order valence-corrected chi connectivity index (χ3v) is 4.29. The molecule has 1 rings (SSSR count). The fourth-order valence-corrected chi connectivity index (χ4v) is 2.86. The maximum atomic E-state index is 3.42. The van der Waals surface area contributed by atoms with E-state index in [1.807, 2.05) is 0 Å². The summed E-state index contributed by atoms with van der Waals surface area (Å²) in [5.41, 5.74) is 0. The molecule has 3 nitrogen and oxygen atoms in total. The van der Waals surface area contributed by atoms with Gasteiger partial charge in [0.2, 0.25) is 0 Å². The zero-order valence-corrected chi connectivity index (χ0v) is 12.2. The second-order valence-electron chi connectivity index (χ2n) is 5.20. The van der Waals surface area contributed by atoms with Crippen molar-refractivity contribution >= 4 is 0 Å². The molecular formula is C14H31N3. The molecule has 1 aliphatic rings. The Morgan fingerprint density at radius 1 is 1.29 bits per heavy atom. The molecule has 1 fully saturated rings. The molecule has 0 aromatic carbocycles. The molecule has 0 saturated carbocycles. The molecule has 2 atom stereocenters. The van der Waals surface area contributed by atoms with Gasteiger partial charge in [-0.25, -0.2) is 0 Å². The lowest BCUT2D eigenvalue weighted by Gasteiger charge is -2.40. The highest BCUT2D eigenvalue weighted by Gasteiger charge is 2.26. The molecule has 1 N–H and O–H groups in total. The lowest BCUT2D eigenvalue weighted by molar-refractivity contribution is 0.106. The van der Waals surface area contributed by atoms with Gasteiger partial charge in [-0.15, -0.1) is 0 Å². The fourth-order valence-electron chi connectivity index (χ4n) is 2.86. The number of nitrogens with one attached hydrogen (secondary N) is 1. The predicted octanol–water partition coefficient (Wildman–Crippen LogP) is 1.79. The number of hydrogen-bond acceptors (Lipinski definition) is 3. The van der Waals surface area contributed by atoms with E-state index in [0.29, 0.717) is 6.04 Å². The molecule has 0 bridgehead atoms. The van der Waals surface area contributed by atoms with E-state index in [0.717, 1.165) is 6.04 Å². The van der Waals surface area contributed by atoms with Crippen LogP contribution < -0.4 is 5.32 Å². The minimum absolute atomic E-state index is 0.618. The molecule has 17 heavy (non-hydrogen) atoms. The van der Waals surface area contributed by atoms with Crippen molar-refractivity contribution in [2.24, 2.45) is 0 Å². The van der Waals surface area contributed by atoms with E-state index < -0.39 is 0 Å². The Kier molecular flexibility index (Phi) is 7.09. The molecule has 0 radical (unpaired) electrons. The number of piperidine rings is 1. The third-order valence-electron chi connectivity index (χ3n) is 4.29.